The first-order valence-electron chi connectivity index (χ1n) is 12.1. The highest BCUT2D eigenvalue weighted by molar-refractivity contribution is 7.89. The van der Waals surface area contributed by atoms with Crippen molar-refractivity contribution in [3.05, 3.63) is 29.8 Å². The van der Waals surface area contributed by atoms with Gasteiger partial charge in [-0.3, -0.25) is 4.79 Å². The monoisotopic (exact) mass is 476 g/mol. The summed E-state index contributed by atoms with van der Waals surface area (Å²) in [5, 5.41) is 9.78. The first-order valence-corrected chi connectivity index (χ1v) is 13.5. The number of sulfonamides is 1. The van der Waals surface area contributed by atoms with Crippen LogP contribution in [0.4, 0.5) is 0 Å². The molecule has 1 aliphatic heterocycles. The van der Waals surface area contributed by atoms with Crippen LogP contribution in [0.5, 0.6) is 5.75 Å². The fourth-order valence-corrected chi connectivity index (χ4v) is 6.73. The van der Waals surface area contributed by atoms with E-state index in [1.165, 1.54) is 9.88 Å². The lowest BCUT2D eigenvalue weighted by Gasteiger charge is -2.38. The molecule has 0 spiro atoms. The van der Waals surface area contributed by atoms with Crippen molar-refractivity contribution < 1.29 is 23.1 Å². The minimum absolute atomic E-state index is 0.0957. The number of rotatable bonds is 6. The van der Waals surface area contributed by atoms with Crippen molar-refractivity contribution in [3.63, 3.8) is 0 Å². The Hall–Kier alpha value is -1.90. The SMILES string of the molecule is C[C@@H]1CN([C@H](C)CO)S(=O)(=O)c2ccc(C3=CCCC3)cc2O[C@H]1CN(C)C(=O)C1CCC1. The topological polar surface area (TPSA) is 87.2 Å². The molecule has 0 unspecified atom stereocenters. The Kier molecular flexibility index (Phi) is 7.17. The van der Waals surface area contributed by atoms with Crippen molar-refractivity contribution in [1.29, 1.82) is 0 Å². The minimum Gasteiger partial charge on any atom is -0.487 e. The van der Waals surface area contributed by atoms with E-state index in [1.807, 2.05) is 19.1 Å². The number of carbonyl (C=O) groups excluding carboxylic acids is 1. The molecule has 1 aromatic rings. The molecule has 1 aromatic carbocycles. The summed E-state index contributed by atoms with van der Waals surface area (Å²) >= 11 is 0. The van der Waals surface area contributed by atoms with Gasteiger partial charge in [-0.25, -0.2) is 8.42 Å². The molecule has 0 bridgehead atoms. The number of likely N-dealkylation sites (N-methyl/N-ethyl adjacent to an activating group) is 1. The van der Waals surface area contributed by atoms with Crippen LogP contribution in [-0.2, 0) is 14.8 Å². The van der Waals surface area contributed by atoms with Gasteiger partial charge >= 0.3 is 0 Å². The Morgan fingerprint density at radius 3 is 2.67 bits per heavy atom. The lowest BCUT2D eigenvalue weighted by Crippen LogP contribution is -2.50. The summed E-state index contributed by atoms with van der Waals surface area (Å²) in [5.74, 6) is 0.389. The van der Waals surface area contributed by atoms with E-state index in [2.05, 4.69) is 6.08 Å². The van der Waals surface area contributed by atoms with Crippen LogP contribution in [0.15, 0.2) is 29.2 Å². The fraction of sp³-hybridized carbons (Fsp3) is 0.640. The van der Waals surface area contributed by atoms with E-state index in [4.69, 9.17) is 4.74 Å². The molecule has 182 valence electrons. The Bertz CT molecular complexity index is 1020. The third-order valence-electron chi connectivity index (χ3n) is 7.36. The molecule has 3 aliphatic rings. The highest BCUT2D eigenvalue weighted by Crippen LogP contribution is 2.37. The van der Waals surface area contributed by atoms with Crippen molar-refractivity contribution in [3.8, 4) is 5.75 Å². The fourth-order valence-electron chi connectivity index (χ4n) is 4.90. The quantitative estimate of drug-likeness (QED) is 0.681. The molecule has 2 aliphatic carbocycles. The molecule has 0 radical (unpaired) electrons. The molecule has 7 nitrogen and oxygen atoms in total. The van der Waals surface area contributed by atoms with Crippen molar-refractivity contribution in [2.75, 3.05) is 26.7 Å². The van der Waals surface area contributed by atoms with Crippen molar-refractivity contribution >= 4 is 21.5 Å². The maximum absolute atomic E-state index is 13.6. The Morgan fingerprint density at radius 2 is 2.06 bits per heavy atom. The second kappa shape index (κ2) is 9.76. The number of benzene rings is 1. The van der Waals surface area contributed by atoms with E-state index in [0.717, 1.165) is 44.1 Å². The lowest BCUT2D eigenvalue weighted by molar-refractivity contribution is -0.138. The molecular formula is C25H36N2O5S. The van der Waals surface area contributed by atoms with Gasteiger partial charge in [-0.15, -0.1) is 0 Å². The molecule has 1 heterocycles. The highest BCUT2D eigenvalue weighted by atomic mass is 32.2. The van der Waals surface area contributed by atoms with Crippen molar-refractivity contribution in [2.45, 2.75) is 69.4 Å². The molecule has 1 saturated carbocycles. The molecule has 0 saturated heterocycles. The Labute approximate surface area is 197 Å². The van der Waals surface area contributed by atoms with Crippen molar-refractivity contribution in [2.24, 2.45) is 11.8 Å². The van der Waals surface area contributed by atoms with Gasteiger partial charge in [-0.2, -0.15) is 4.31 Å². The van der Waals surface area contributed by atoms with Gasteiger partial charge in [-0.05, 0) is 62.3 Å². The molecular weight excluding hydrogens is 440 g/mol. The van der Waals surface area contributed by atoms with Crippen LogP contribution in [0.1, 0.15) is 57.9 Å². The second-order valence-electron chi connectivity index (χ2n) is 9.87. The van der Waals surface area contributed by atoms with Gasteiger partial charge in [0.2, 0.25) is 15.9 Å². The number of hydrogen-bond acceptors (Lipinski definition) is 5. The van der Waals surface area contributed by atoms with Crippen LogP contribution in [0.25, 0.3) is 5.57 Å². The molecule has 8 heteroatoms. The van der Waals surface area contributed by atoms with Gasteiger partial charge in [-0.1, -0.05) is 25.5 Å². The Morgan fingerprint density at radius 1 is 1.30 bits per heavy atom. The summed E-state index contributed by atoms with van der Waals surface area (Å²) in [6.45, 7) is 4.01. The molecule has 1 amide bonds. The number of allylic oxidation sites excluding steroid dienone is 2. The van der Waals surface area contributed by atoms with Crippen LogP contribution in [-0.4, -0.2) is 67.5 Å². The van der Waals surface area contributed by atoms with Gasteiger partial charge in [0.25, 0.3) is 0 Å². The third kappa shape index (κ3) is 4.84. The zero-order chi connectivity index (χ0) is 23.8. The number of hydrogen-bond donors (Lipinski definition) is 1. The van der Waals surface area contributed by atoms with Crippen molar-refractivity contribution in [1.82, 2.24) is 9.21 Å². The summed E-state index contributed by atoms with van der Waals surface area (Å²) in [6.07, 6.45) is 7.90. The maximum Gasteiger partial charge on any atom is 0.247 e. The second-order valence-corrected chi connectivity index (χ2v) is 11.7. The number of fused-ring (bicyclic) bond motifs is 1. The molecule has 1 N–H and O–H groups in total. The average Bonchev–Trinajstić information content (AvgIpc) is 3.29. The standard InChI is InChI=1S/C25H36N2O5S/c1-17-14-27(18(2)16-28)33(30,31)24-12-11-21(19-7-4-5-8-19)13-22(24)32-23(17)15-26(3)25(29)20-9-6-10-20/h7,11-13,17-18,20,23,28H,4-6,8-10,14-16H2,1-3H3/t17-,18-,23+/m1/s1. The first-order chi connectivity index (χ1) is 15.7. The number of carbonyl (C=O) groups is 1. The number of amides is 1. The number of nitrogens with zero attached hydrogens (tertiary/aromatic N) is 2. The summed E-state index contributed by atoms with van der Waals surface area (Å²) in [4.78, 5) is 14.6. The number of ether oxygens (including phenoxy) is 1. The normalized spacial score (nSPS) is 26.2. The molecule has 1 fully saturated rings. The van der Waals surface area contributed by atoms with E-state index in [1.54, 1.807) is 24.9 Å². The Balaban J connectivity index is 1.71. The van der Waals surface area contributed by atoms with Crippen LogP contribution < -0.4 is 4.74 Å². The van der Waals surface area contributed by atoms with Crippen LogP contribution in [0.2, 0.25) is 0 Å². The van der Waals surface area contributed by atoms with Crippen LogP contribution in [0.3, 0.4) is 0 Å². The first kappa shape index (κ1) is 24.2. The van der Waals surface area contributed by atoms with E-state index in [0.29, 0.717) is 12.3 Å². The van der Waals surface area contributed by atoms with Gasteiger partial charge in [0.05, 0.1) is 13.2 Å². The molecule has 3 atom stereocenters. The van der Waals surface area contributed by atoms with E-state index < -0.39 is 16.1 Å². The molecule has 0 aromatic heterocycles. The van der Waals surface area contributed by atoms with Gasteiger partial charge in [0, 0.05) is 31.5 Å². The van der Waals surface area contributed by atoms with Gasteiger partial charge in [0.15, 0.2) is 0 Å². The smallest absolute Gasteiger partial charge is 0.247 e. The summed E-state index contributed by atoms with van der Waals surface area (Å²) < 4.78 is 35.0. The van der Waals surface area contributed by atoms with E-state index in [-0.39, 0.29) is 41.9 Å². The maximum atomic E-state index is 13.6. The predicted octanol–water partition coefficient (Wildman–Crippen LogP) is 3.28. The zero-order valence-corrected chi connectivity index (χ0v) is 20.7. The summed E-state index contributed by atoms with van der Waals surface area (Å²) in [7, 11) is -2.05. The third-order valence-corrected chi connectivity index (χ3v) is 9.38. The molecule has 33 heavy (non-hydrogen) atoms. The van der Waals surface area contributed by atoms with E-state index in [9.17, 15) is 18.3 Å². The lowest BCUT2D eigenvalue weighted by atomic mass is 9.84. The zero-order valence-electron chi connectivity index (χ0n) is 19.9. The minimum atomic E-state index is -3.86. The molecule has 4 rings (SSSR count). The van der Waals surface area contributed by atoms with Crippen LogP contribution >= 0.6 is 0 Å². The number of aliphatic hydroxyl groups excluding tert-OH is 1. The van der Waals surface area contributed by atoms with E-state index >= 15 is 0 Å². The average molecular weight is 477 g/mol. The van der Waals surface area contributed by atoms with Gasteiger partial charge in [0.1, 0.15) is 16.7 Å². The largest absolute Gasteiger partial charge is 0.487 e. The van der Waals surface area contributed by atoms with Crippen LogP contribution in [0, 0.1) is 11.8 Å². The predicted molar refractivity (Wildman–Crippen MR) is 127 cm³/mol. The van der Waals surface area contributed by atoms with Gasteiger partial charge < -0.3 is 14.7 Å². The summed E-state index contributed by atoms with van der Waals surface area (Å²) in [6, 6.07) is 4.76. The number of aliphatic hydroxyl groups is 1. The summed E-state index contributed by atoms with van der Waals surface area (Å²) in [5.41, 5.74) is 2.19. The highest BCUT2D eigenvalue weighted by Gasteiger charge is 2.39.